The summed E-state index contributed by atoms with van der Waals surface area (Å²) in [7, 11) is 0. The van der Waals surface area contributed by atoms with E-state index >= 15 is 4.39 Å². The second-order valence-corrected chi connectivity index (χ2v) is 14.2. The maximum Gasteiger partial charge on any atom is 0.257 e. The van der Waals surface area contributed by atoms with Crippen molar-refractivity contribution >= 4 is 34.7 Å². The first-order valence-corrected chi connectivity index (χ1v) is 18.4. The van der Waals surface area contributed by atoms with Crippen LogP contribution in [0.4, 0.5) is 21.7 Å². The van der Waals surface area contributed by atoms with Gasteiger partial charge < -0.3 is 25.0 Å². The van der Waals surface area contributed by atoms with Gasteiger partial charge in [0.2, 0.25) is 5.91 Å². The molecule has 0 bridgehead atoms. The summed E-state index contributed by atoms with van der Waals surface area (Å²) in [5.74, 6) is 1.04. The maximum absolute atomic E-state index is 16.7. The van der Waals surface area contributed by atoms with E-state index in [9.17, 15) is 9.59 Å². The smallest absolute Gasteiger partial charge is 0.257 e. The molecule has 3 fully saturated rings. The van der Waals surface area contributed by atoms with Gasteiger partial charge in [0, 0.05) is 67.0 Å². The fourth-order valence-corrected chi connectivity index (χ4v) is 7.33. The fraction of sp³-hybridized carbons (Fsp3) is 0.375. The van der Waals surface area contributed by atoms with E-state index in [0.29, 0.717) is 53.6 Å². The Hall–Kier alpha value is -5.56. The number of imidazole rings is 1. The van der Waals surface area contributed by atoms with Crippen LogP contribution in [-0.2, 0) is 4.79 Å². The lowest BCUT2D eigenvalue weighted by atomic mass is 9.90. The van der Waals surface area contributed by atoms with Gasteiger partial charge in [-0.1, -0.05) is 18.2 Å². The van der Waals surface area contributed by atoms with E-state index in [-0.39, 0.29) is 47.5 Å². The molecule has 0 spiro atoms. The quantitative estimate of drug-likeness (QED) is 0.154. The summed E-state index contributed by atoms with van der Waals surface area (Å²) in [5, 5.41) is 6.17. The summed E-state index contributed by atoms with van der Waals surface area (Å²) in [6.45, 7) is 8.02. The third kappa shape index (κ3) is 7.13. The first-order valence-electron chi connectivity index (χ1n) is 18.4. The van der Waals surface area contributed by atoms with Crippen molar-refractivity contribution in [3.8, 4) is 22.8 Å². The number of anilines is 3. The summed E-state index contributed by atoms with van der Waals surface area (Å²) >= 11 is 0. The first kappa shape index (κ1) is 34.5. The molecule has 3 aliphatic rings. The minimum absolute atomic E-state index is 0.0619. The van der Waals surface area contributed by atoms with Gasteiger partial charge >= 0.3 is 0 Å². The Bertz CT molecular complexity index is 2150. The molecule has 0 unspecified atom stereocenters. The monoisotopic (exact) mass is 718 g/mol. The van der Waals surface area contributed by atoms with Crippen LogP contribution < -0.4 is 20.1 Å². The largest absolute Gasteiger partial charge is 0.493 e. The number of carbonyl (C=O) groups excluding carboxylic acids is 2. The molecule has 2 aromatic carbocycles. The van der Waals surface area contributed by atoms with Crippen LogP contribution in [0.2, 0.25) is 0 Å². The van der Waals surface area contributed by atoms with E-state index in [2.05, 4.69) is 39.3 Å². The molecule has 0 radical (unpaired) electrons. The summed E-state index contributed by atoms with van der Waals surface area (Å²) in [6.07, 6.45) is 8.91. The van der Waals surface area contributed by atoms with Gasteiger partial charge in [-0.15, -0.1) is 0 Å². The number of para-hydroxylation sites is 1. The average molecular weight is 719 g/mol. The van der Waals surface area contributed by atoms with Gasteiger partial charge in [-0.05, 0) is 76.8 Å². The number of fused-ring (bicyclic) bond motifs is 2. The zero-order valence-electron chi connectivity index (χ0n) is 30.1. The van der Waals surface area contributed by atoms with E-state index in [4.69, 9.17) is 14.5 Å². The van der Waals surface area contributed by atoms with Crippen molar-refractivity contribution in [3.05, 3.63) is 90.4 Å². The lowest BCUT2D eigenvalue weighted by Crippen LogP contribution is -2.60. The molecule has 53 heavy (non-hydrogen) atoms. The summed E-state index contributed by atoms with van der Waals surface area (Å²) in [5.41, 5.74) is 1.85. The van der Waals surface area contributed by atoms with Gasteiger partial charge in [0.1, 0.15) is 40.2 Å². The lowest BCUT2D eigenvalue weighted by molar-refractivity contribution is -0.143. The number of nitrogens with zero attached hydrogens (tertiary/aromatic N) is 6. The minimum atomic E-state index is -0.676. The normalized spacial score (nSPS) is 19.0. The molecule has 2 amide bonds. The van der Waals surface area contributed by atoms with Crippen molar-refractivity contribution in [3.63, 3.8) is 0 Å². The number of piperazine rings is 1. The van der Waals surface area contributed by atoms with Crippen molar-refractivity contribution in [1.82, 2.24) is 29.2 Å². The molecule has 5 aromatic rings. The highest BCUT2D eigenvalue weighted by molar-refractivity contribution is 6.05. The van der Waals surface area contributed by atoms with Gasteiger partial charge in [-0.2, -0.15) is 0 Å². The number of rotatable bonds is 11. The molecule has 2 aliphatic heterocycles. The number of amides is 2. The summed E-state index contributed by atoms with van der Waals surface area (Å²) < 4.78 is 30.6. The Labute approximate surface area is 307 Å². The highest BCUT2D eigenvalue weighted by Crippen LogP contribution is 2.42. The van der Waals surface area contributed by atoms with Gasteiger partial charge in [0.25, 0.3) is 5.91 Å². The van der Waals surface area contributed by atoms with Gasteiger partial charge in [-0.3, -0.25) is 18.9 Å². The van der Waals surface area contributed by atoms with Crippen LogP contribution in [0.1, 0.15) is 68.6 Å². The predicted molar refractivity (Wildman–Crippen MR) is 199 cm³/mol. The third-order valence-electron chi connectivity index (χ3n) is 10.2. The van der Waals surface area contributed by atoms with Crippen molar-refractivity contribution in [2.24, 2.45) is 0 Å². The SMILES string of the molecule is CCOc1cc(C(=O)Nc2cc(OC3CC3)ccn2)cc(F)c1-c1nc([C@@H]2CC[C@H]3CN(C(C)C)CC(=O)N3C2)n2ccnc(Nc3ccccc3)c12. The number of pyridine rings is 1. The molecule has 274 valence electrons. The van der Waals surface area contributed by atoms with Crippen molar-refractivity contribution in [2.75, 3.05) is 36.9 Å². The topological polar surface area (TPSA) is 126 Å². The number of aromatic nitrogens is 4. The molecular weight excluding hydrogens is 675 g/mol. The molecular formula is C40H43FN8O4. The number of benzene rings is 2. The standard InChI is InChI=1S/C40H43FN8O4/c1-4-52-32-19-26(40(51)45-33-20-30(14-15-42-33)53-29-12-13-29)18-31(41)35(32)36-37-38(44-27-8-6-5-7-9-27)43-16-17-48(37)39(46-36)25-10-11-28-22-47(24(2)3)23-34(50)49(28)21-25/h5-9,14-20,24-25,28-29H,4,10-13,21-23H2,1-3H3,(H,43,44)(H,42,45,51)/t25-,28+/m1/s1. The molecule has 8 rings (SSSR count). The van der Waals surface area contributed by atoms with Crippen LogP contribution in [0.3, 0.4) is 0 Å². The van der Waals surface area contributed by atoms with E-state index in [1.54, 1.807) is 31.5 Å². The van der Waals surface area contributed by atoms with Gasteiger partial charge in [0.05, 0.1) is 24.8 Å². The number of hydrogen-bond donors (Lipinski definition) is 2. The zero-order valence-corrected chi connectivity index (χ0v) is 30.1. The Morgan fingerprint density at radius 2 is 1.85 bits per heavy atom. The number of halogens is 1. The Balaban J connectivity index is 1.18. The van der Waals surface area contributed by atoms with Crippen LogP contribution in [-0.4, -0.2) is 85.4 Å². The van der Waals surface area contributed by atoms with Crippen LogP contribution in [0.25, 0.3) is 16.8 Å². The zero-order chi connectivity index (χ0) is 36.6. The molecule has 5 heterocycles. The fourth-order valence-electron chi connectivity index (χ4n) is 7.33. The molecule has 13 heteroatoms. The summed E-state index contributed by atoms with van der Waals surface area (Å²) in [6, 6.07) is 16.2. The van der Waals surface area contributed by atoms with E-state index in [1.807, 2.05) is 45.8 Å². The average Bonchev–Trinajstić information content (AvgIpc) is 3.89. The van der Waals surface area contributed by atoms with Crippen LogP contribution in [0.5, 0.6) is 11.5 Å². The van der Waals surface area contributed by atoms with Crippen LogP contribution >= 0.6 is 0 Å². The summed E-state index contributed by atoms with van der Waals surface area (Å²) in [4.78, 5) is 45.3. The highest BCUT2D eigenvalue weighted by Gasteiger charge is 2.40. The number of ether oxygens (including phenoxy) is 2. The van der Waals surface area contributed by atoms with E-state index in [0.717, 1.165) is 37.9 Å². The molecule has 3 aromatic heterocycles. The first-order chi connectivity index (χ1) is 25.7. The molecule has 2 saturated heterocycles. The second-order valence-electron chi connectivity index (χ2n) is 14.2. The van der Waals surface area contributed by atoms with Crippen LogP contribution in [0.15, 0.2) is 73.2 Å². The van der Waals surface area contributed by atoms with Crippen molar-refractivity contribution < 1.29 is 23.5 Å². The Morgan fingerprint density at radius 1 is 1.02 bits per heavy atom. The van der Waals surface area contributed by atoms with Crippen molar-refractivity contribution in [1.29, 1.82) is 0 Å². The molecule has 12 nitrogen and oxygen atoms in total. The lowest BCUT2D eigenvalue weighted by Gasteiger charge is -2.46. The second kappa shape index (κ2) is 14.5. The Morgan fingerprint density at radius 3 is 2.62 bits per heavy atom. The molecule has 2 atom stereocenters. The highest BCUT2D eigenvalue weighted by atomic mass is 19.1. The van der Waals surface area contributed by atoms with Crippen LogP contribution in [0, 0.1) is 5.82 Å². The third-order valence-corrected chi connectivity index (χ3v) is 10.2. The van der Waals surface area contributed by atoms with Crippen molar-refractivity contribution in [2.45, 2.75) is 70.6 Å². The maximum atomic E-state index is 16.7. The number of nitrogens with one attached hydrogen (secondary N) is 2. The van der Waals surface area contributed by atoms with Gasteiger partial charge in [-0.25, -0.2) is 19.3 Å². The predicted octanol–water partition coefficient (Wildman–Crippen LogP) is 6.66. The van der Waals surface area contributed by atoms with Gasteiger partial charge in [0.15, 0.2) is 5.82 Å². The molecule has 1 saturated carbocycles. The Kier molecular flexibility index (Phi) is 9.42. The van der Waals surface area contributed by atoms with E-state index in [1.165, 1.54) is 12.1 Å². The van der Waals surface area contributed by atoms with E-state index < -0.39 is 11.7 Å². The number of hydrogen-bond acceptors (Lipinski definition) is 9. The number of piperidine rings is 1. The number of carbonyl (C=O) groups is 2. The molecule has 2 N–H and O–H groups in total. The minimum Gasteiger partial charge on any atom is -0.493 e. The molecule has 1 aliphatic carbocycles.